The van der Waals surface area contributed by atoms with Crippen LogP contribution in [0.1, 0.15) is 27.8 Å². The number of amides is 1. The molecule has 0 atom stereocenters. The first kappa shape index (κ1) is 17.9. The number of aromatic nitrogens is 2. The summed E-state index contributed by atoms with van der Waals surface area (Å²) in [5.41, 5.74) is -0.358. The first-order chi connectivity index (χ1) is 12.9. The monoisotopic (exact) mass is 370 g/mol. The van der Waals surface area contributed by atoms with Gasteiger partial charge in [0.2, 0.25) is 0 Å². The van der Waals surface area contributed by atoms with E-state index in [1.807, 2.05) is 0 Å². The Bertz CT molecular complexity index is 1020. The van der Waals surface area contributed by atoms with Crippen LogP contribution in [0.5, 0.6) is 0 Å². The van der Waals surface area contributed by atoms with Crippen molar-refractivity contribution in [1.82, 2.24) is 9.78 Å². The highest BCUT2D eigenvalue weighted by molar-refractivity contribution is 6.09. The van der Waals surface area contributed by atoms with Crippen molar-refractivity contribution in [3.63, 3.8) is 0 Å². The Balaban J connectivity index is 2.06. The van der Waals surface area contributed by atoms with E-state index < -0.39 is 16.8 Å². The van der Waals surface area contributed by atoms with Crippen LogP contribution in [0.4, 0.5) is 11.4 Å². The summed E-state index contributed by atoms with van der Waals surface area (Å²) in [5.74, 6) is -1.71. The van der Waals surface area contributed by atoms with Crippen LogP contribution < -0.4 is 5.32 Å². The number of carboxylic acid groups (broad SMARTS) is 1. The fourth-order valence-corrected chi connectivity index (χ4v) is 2.56. The Morgan fingerprint density at radius 1 is 1.33 bits per heavy atom. The number of anilines is 1. The lowest BCUT2D eigenvalue weighted by Gasteiger charge is -2.07. The second-order valence-electron chi connectivity index (χ2n) is 5.43. The zero-order valence-corrected chi connectivity index (χ0v) is 14.1. The molecule has 2 N–H and O–H groups in total. The number of carbonyl (C=O) groups excluding carboxylic acids is 1. The summed E-state index contributed by atoms with van der Waals surface area (Å²) in [6, 6.07) is 8.30. The summed E-state index contributed by atoms with van der Waals surface area (Å²) in [7, 11) is 0. The van der Waals surface area contributed by atoms with Crippen molar-refractivity contribution in [1.29, 1.82) is 0 Å². The number of rotatable bonds is 6. The molecule has 10 nitrogen and oxygen atoms in total. The number of furan rings is 1. The van der Waals surface area contributed by atoms with E-state index in [0.717, 1.165) is 6.07 Å². The van der Waals surface area contributed by atoms with Crippen molar-refractivity contribution in [3.8, 4) is 11.5 Å². The van der Waals surface area contributed by atoms with Gasteiger partial charge >= 0.3 is 5.97 Å². The molecule has 0 saturated heterocycles. The fraction of sp³-hybridized carbons (Fsp3) is 0.118. The first-order valence-corrected chi connectivity index (χ1v) is 7.86. The summed E-state index contributed by atoms with van der Waals surface area (Å²) in [6.45, 7) is 1.96. The minimum atomic E-state index is -1.28. The molecular formula is C17H14N4O6. The predicted molar refractivity (Wildman–Crippen MR) is 93.6 cm³/mol. The Morgan fingerprint density at radius 2 is 2.11 bits per heavy atom. The molecule has 1 amide bonds. The van der Waals surface area contributed by atoms with E-state index in [9.17, 15) is 24.8 Å². The summed E-state index contributed by atoms with van der Waals surface area (Å²) in [6.07, 6.45) is 1.40. The fourth-order valence-electron chi connectivity index (χ4n) is 2.56. The highest BCUT2D eigenvalue weighted by atomic mass is 16.6. The van der Waals surface area contributed by atoms with Gasteiger partial charge < -0.3 is 14.8 Å². The van der Waals surface area contributed by atoms with E-state index in [-0.39, 0.29) is 40.6 Å². The molecule has 1 aromatic carbocycles. The zero-order chi connectivity index (χ0) is 19.6. The lowest BCUT2D eigenvalue weighted by Crippen LogP contribution is -2.16. The molecule has 3 rings (SSSR count). The number of carbonyl (C=O) groups is 2. The van der Waals surface area contributed by atoms with Crippen molar-refractivity contribution < 1.29 is 24.0 Å². The molecule has 0 fully saturated rings. The number of nitrogens with one attached hydrogen (secondary N) is 1. The molecule has 0 spiro atoms. The number of hydrogen-bond donors (Lipinski definition) is 2. The number of non-ortho nitro benzene ring substituents is 1. The third-order valence-corrected chi connectivity index (χ3v) is 3.77. The first-order valence-electron chi connectivity index (χ1n) is 7.86. The largest absolute Gasteiger partial charge is 0.476 e. The van der Waals surface area contributed by atoms with Gasteiger partial charge in [0, 0.05) is 24.2 Å². The number of hydrogen-bond acceptors (Lipinski definition) is 6. The summed E-state index contributed by atoms with van der Waals surface area (Å²) in [5, 5.41) is 27.2. The van der Waals surface area contributed by atoms with Crippen molar-refractivity contribution in [2.24, 2.45) is 0 Å². The van der Waals surface area contributed by atoms with Crippen LogP contribution in [0.15, 0.2) is 47.1 Å². The molecule has 2 heterocycles. The number of nitro benzene ring substituents is 1. The van der Waals surface area contributed by atoms with Gasteiger partial charge in [-0.25, -0.2) is 4.79 Å². The lowest BCUT2D eigenvalue weighted by atomic mass is 10.1. The molecule has 0 unspecified atom stereocenters. The van der Waals surface area contributed by atoms with E-state index >= 15 is 0 Å². The summed E-state index contributed by atoms with van der Waals surface area (Å²) in [4.78, 5) is 34.6. The van der Waals surface area contributed by atoms with E-state index in [0.29, 0.717) is 0 Å². The molecule has 10 heteroatoms. The molecule has 138 valence electrons. The van der Waals surface area contributed by atoms with Crippen molar-refractivity contribution in [3.05, 3.63) is 64.0 Å². The predicted octanol–water partition coefficient (Wildman–Crippen LogP) is 3.02. The smallest absolute Gasteiger partial charge is 0.356 e. The number of aryl methyl sites for hydroxylation is 1. The maximum Gasteiger partial charge on any atom is 0.356 e. The van der Waals surface area contributed by atoms with E-state index in [1.54, 1.807) is 19.1 Å². The molecule has 0 radical (unpaired) electrons. The molecule has 2 aromatic heterocycles. The SMILES string of the molecule is CCn1nc(-c2ccco2)c(NC(=O)c2cccc([N+](=O)[O-])c2)c1C(=O)O. The minimum Gasteiger partial charge on any atom is -0.476 e. The van der Waals surface area contributed by atoms with Crippen LogP contribution in [-0.2, 0) is 6.54 Å². The van der Waals surface area contributed by atoms with Gasteiger partial charge in [0.25, 0.3) is 11.6 Å². The van der Waals surface area contributed by atoms with Gasteiger partial charge in [-0.1, -0.05) is 6.07 Å². The second-order valence-corrected chi connectivity index (χ2v) is 5.43. The molecule has 27 heavy (non-hydrogen) atoms. The minimum absolute atomic E-state index is 0.00943. The number of nitro groups is 1. The van der Waals surface area contributed by atoms with Gasteiger partial charge in [0.15, 0.2) is 17.1 Å². The Labute approximate surface area is 152 Å². The normalized spacial score (nSPS) is 10.6. The van der Waals surface area contributed by atoms with Crippen LogP contribution in [-0.4, -0.2) is 31.7 Å². The lowest BCUT2D eigenvalue weighted by molar-refractivity contribution is -0.384. The Kier molecular flexibility index (Phi) is 4.71. The van der Waals surface area contributed by atoms with Crippen LogP contribution in [0.25, 0.3) is 11.5 Å². The second kappa shape index (κ2) is 7.12. The molecular weight excluding hydrogens is 356 g/mol. The highest BCUT2D eigenvalue weighted by Crippen LogP contribution is 2.31. The zero-order valence-electron chi connectivity index (χ0n) is 14.1. The third-order valence-electron chi connectivity index (χ3n) is 3.77. The highest BCUT2D eigenvalue weighted by Gasteiger charge is 2.27. The Hall–Kier alpha value is -3.95. The van der Waals surface area contributed by atoms with Crippen LogP contribution in [0, 0.1) is 10.1 Å². The van der Waals surface area contributed by atoms with Crippen LogP contribution in [0.2, 0.25) is 0 Å². The van der Waals surface area contributed by atoms with Gasteiger partial charge in [0.05, 0.1) is 11.2 Å². The van der Waals surface area contributed by atoms with Gasteiger partial charge in [-0.05, 0) is 25.1 Å². The van der Waals surface area contributed by atoms with E-state index in [1.165, 1.54) is 29.1 Å². The summed E-state index contributed by atoms with van der Waals surface area (Å²) < 4.78 is 6.51. The van der Waals surface area contributed by atoms with E-state index in [4.69, 9.17) is 4.42 Å². The van der Waals surface area contributed by atoms with Gasteiger partial charge in [-0.15, -0.1) is 0 Å². The quantitative estimate of drug-likeness (QED) is 0.502. The van der Waals surface area contributed by atoms with Crippen LogP contribution >= 0.6 is 0 Å². The average Bonchev–Trinajstić information content (AvgIpc) is 3.29. The van der Waals surface area contributed by atoms with Crippen molar-refractivity contribution >= 4 is 23.3 Å². The molecule has 3 aromatic rings. The summed E-state index contributed by atoms with van der Waals surface area (Å²) >= 11 is 0. The van der Waals surface area contributed by atoms with Crippen molar-refractivity contribution in [2.75, 3.05) is 5.32 Å². The van der Waals surface area contributed by atoms with Gasteiger partial charge in [0.1, 0.15) is 5.69 Å². The van der Waals surface area contributed by atoms with E-state index in [2.05, 4.69) is 10.4 Å². The topological polar surface area (TPSA) is 140 Å². The maximum absolute atomic E-state index is 12.6. The maximum atomic E-state index is 12.6. The molecule has 0 saturated carbocycles. The van der Waals surface area contributed by atoms with Gasteiger partial charge in [-0.3, -0.25) is 19.6 Å². The Morgan fingerprint density at radius 3 is 2.70 bits per heavy atom. The average molecular weight is 370 g/mol. The van der Waals surface area contributed by atoms with Gasteiger partial charge in [-0.2, -0.15) is 5.10 Å². The third kappa shape index (κ3) is 3.40. The number of benzene rings is 1. The molecule has 0 aliphatic carbocycles. The number of nitrogens with zero attached hydrogens (tertiary/aromatic N) is 3. The molecule has 0 aliphatic rings. The van der Waals surface area contributed by atoms with Crippen molar-refractivity contribution in [2.45, 2.75) is 13.5 Å². The standard InChI is InChI=1S/C17H14N4O6/c1-2-20-15(17(23)24)14(13(19-20)12-7-4-8-27-12)18-16(22)10-5-3-6-11(9-10)21(25)26/h3-9H,2H2,1H3,(H,18,22)(H,23,24). The number of carboxylic acids is 1. The molecule has 0 bridgehead atoms. The molecule has 0 aliphatic heterocycles. The number of aromatic carboxylic acids is 1. The van der Waals surface area contributed by atoms with Crippen LogP contribution in [0.3, 0.4) is 0 Å².